The summed E-state index contributed by atoms with van der Waals surface area (Å²) in [7, 11) is 2.02. The van der Waals surface area contributed by atoms with Crippen LogP contribution in [0.2, 0.25) is 0 Å². The van der Waals surface area contributed by atoms with Gasteiger partial charge in [-0.3, -0.25) is 4.99 Å². The standard InChI is InChI=1S/C17H24FN3O/c1-21-10-9-19-16(21)20-12-17(8-2-3-15(17)22)11-13-4-6-14(18)7-5-13/h4-7,15,22H,2-3,8-12H2,1H3,(H,19,20). The highest BCUT2D eigenvalue weighted by Crippen LogP contribution is 2.41. The van der Waals surface area contributed by atoms with Gasteiger partial charge in [0.05, 0.1) is 12.6 Å². The van der Waals surface area contributed by atoms with E-state index in [1.54, 1.807) is 0 Å². The molecule has 1 aliphatic carbocycles. The number of halogens is 1. The molecular weight excluding hydrogens is 281 g/mol. The summed E-state index contributed by atoms with van der Waals surface area (Å²) in [6.07, 6.45) is 3.29. The number of hydrogen-bond donors (Lipinski definition) is 2. The normalized spacial score (nSPS) is 28.0. The highest BCUT2D eigenvalue weighted by Gasteiger charge is 2.42. The Morgan fingerprint density at radius 2 is 2.18 bits per heavy atom. The lowest BCUT2D eigenvalue weighted by atomic mass is 9.78. The van der Waals surface area contributed by atoms with Gasteiger partial charge in [-0.05, 0) is 37.0 Å². The summed E-state index contributed by atoms with van der Waals surface area (Å²) in [6.45, 7) is 2.47. The number of aliphatic imine (C=N–C) groups is 1. The molecule has 0 spiro atoms. The van der Waals surface area contributed by atoms with E-state index in [4.69, 9.17) is 0 Å². The van der Waals surface area contributed by atoms with Crippen LogP contribution in [0.25, 0.3) is 0 Å². The monoisotopic (exact) mass is 305 g/mol. The molecule has 0 saturated heterocycles. The van der Waals surface area contributed by atoms with Crippen molar-refractivity contribution < 1.29 is 9.50 Å². The number of rotatable bonds is 4. The molecule has 1 fully saturated rings. The average Bonchev–Trinajstić information content (AvgIpc) is 3.07. The molecule has 0 aromatic heterocycles. The predicted molar refractivity (Wildman–Crippen MR) is 85.3 cm³/mol. The number of likely N-dealkylation sites (N-methyl/N-ethyl adjacent to an activating group) is 1. The third-order valence-electron chi connectivity index (χ3n) is 4.99. The van der Waals surface area contributed by atoms with E-state index in [0.29, 0.717) is 6.54 Å². The third kappa shape index (κ3) is 3.09. The summed E-state index contributed by atoms with van der Waals surface area (Å²) in [5.74, 6) is 0.697. The Hall–Kier alpha value is -1.62. The van der Waals surface area contributed by atoms with Crippen molar-refractivity contribution in [3.05, 3.63) is 35.6 Å². The lowest BCUT2D eigenvalue weighted by Crippen LogP contribution is -2.46. The highest BCUT2D eigenvalue weighted by atomic mass is 19.1. The molecule has 2 unspecified atom stereocenters. The number of hydrogen-bond acceptors (Lipinski definition) is 4. The molecule has 120 valence electrons. The molecule has 1 aliphatic heterocycles. The van der Waals surface area contributed by atoms with E-state index >= 15 is 0 Å². The molecule has 2 N–H and O–H groups in total. The molecule has 1 aromatic carbocycles. The maximum Gasteiger partial charge on any atom is 0.193 e. The van der Waals surface area contributed by atoms with Crippen molar-refractivity contribution in [3.63, 3.8) is 0 Å². The first-order chi connectivity index (χ1) is 10.6. The number of nitrogens with zero attached hydrogens (tertiary/aromatic N) is 2. The van der Waals surface area contributed by atoms with E-state index in [-0.39, 0.29) is 17.3 Å². The van der Waals surface area contributed by atoms with Gasteiger partial charge in [0.15, 0.2) is 5.96 Å². The number of benzene rings is 1. The fourth-order valence-electron chi connectivity index (χ4n) is 3.58. The van der Waals surface area contributed by atoms with Gasteiger partial charge in [0, 0.05) is 25.6 Å². The van der Waals surface area contributed by atoms with Crippen molar-refractivity contribution in [2.75, 3.05) is 26.7 Å². The Bertz CT molecular complexity index is 545. The van der Waals surface area contributed by atoms with Gasteiger partial charge in [0.2, 0.25) is 0 Å². The maximum atomic E-state index is 13.1. The summed E-state index contributed by atoms with van der Waals surface area (Å²) in [4.78, 5) is 6.56. The van der Waals surface area contributed by atoms with Crippen molar-refractivity contribution in [2.24, 2.45) is 10.4 Å². The van der Waals surface area contributed by atoms with Gasteiger partial charge in [0.25, 0.3) is 0 Å². The molecular formula is C17H24FN3O. The zero-order valence-corrected chi connectivity index (χ0v) is 13.1. The highest BCUT2D eigenvalue weighted by molar-refractivity contribution is 5.81. The Morgan fingerprint density at radius 1 is 1.41 bits per heavy atom. The van der Waals surface area contributed by atoms with Gasteiger partial charge in [-0.2, -0.15) is 0 Å². The first kappa shape index (κ1) is 15.3. The summed E-state index contributed by atoms with van der Waals surface area (Å²) in [5, 5.41) is 13.9. The molecule has 1 saturated carbocycles. The van der Waals surface area contributed by atoms with Crippen LogP contribution in [-0.4, -0.2) is 48.8 Å². The lowest BCUT2D eigenvalue weighted by Gasteiger charge is -2.34. The van der Waals surface area contributed by atoms with Crippen LogP contribution in [-0.2, 0) is 6.42 Å². The van der Waals surface area contributed by atoms with E-state index in [1.807, 2.05) is 19.2 Å². The second-order valence-electron chi connectivity index (χ2n) is 6.55. The van der Waals surface area contributed by atoms with Crippen LogP contribution in [0.3, 0.4) is 0 Å². The van der Waals surface area contributed by atoms with Gasteiger partial charge in [0.1, 0.15) is 5.82 Å². The van der Waals surface area contributed by atoms with Gasteiger partial charge in [-0.25, -0.2) is 4.39 Å². The van der Waals surface area contributed by atoms with Crippen LogP contribution in [0, 0.1) is 11.2 Å². The fraction of sp³-hybridized carbons (Fsp3) is 0.588. The van der Waals surface area contributed by atoms with E-state index in [0.717, 1.165) is 50.3 Å². The molecule has 0 bridgehead atoms. The Kier molecular flexibility index (Phi) is 4.34. The number of aliphatic hydroxyl groups excluding tert-OH is 1. The minimum Gasteiger partial charge on any atom is -0.392 e. The van der Waals surface area contributed by atoms with Crippen LogP contribution in [0.15, 0.2) is 29.3 Å². The van der Waals surface area contributed by atoms with Gasteiger partial charge in [-0.15, -0.1) is 0 Å². The molecule has 2 aliphatic rings. The van der Waals surface area contributed by atoms with E-state index in [1.165, 1.54) is 12.1 Å². The smallest absolute Gasteiger partial charge is 0.193 e. The number of guanidine groups is 1. The first-order valence-corrected chi connectivity index (χ1v) is 8.01. The third-order valence-corrected chi connectivity index (χ3v) is 4.99. The zero-order valence-electron chi connectivity index (χ0n) is 13.1. The number of nitrogens with one attached hydrogen (secondary N) is 1. The summed E-state index contributed by atoms with van der Waals surface area (Å²) in [6, 6.07) is 6.63. The van der Waals surface area contributed by atoms with Crippen LogP contribution < -0.4 is 5.32 Å². The van der Waals surface area contributed by atoms with Gasteiger partial charge >= 0.3 is 0 Å². The van der Waals surface area contributed by atoms with Crippen molar-refractivity contribution in [1.82, 2.24) is 10.2 Å². The predicted octanol–water partition coefficient (Wildman–Crippen LogP) is 1.79. The van der Waals surface area contributed by atoms with Crippen molar-refractivity contribution in [2.45, 2.75) is 31.8 Å². The van der Waals surface area contributed by atoms with Crippen molar-refractivity contribution in [3.8, 4) is 0 Å². The minimum atomic E-state index is -0.322. The maximum absolute atomic E-state index is 13.1. The van der Waals surface area contributed by atoms with Crippen LogP contribution >= 0.6 is 0 Å². The minimum absolute atomic E-state index is 0.191. The van der Waals surface area contributed by atoms with Crippen molar-refractivity contribution in [1.29, 1.82) is 0 Å². The van der Waals surface area contributed by atoms with E-state index < -0.39 is 0 Å². The fourth-order valence-corrected chi connectivity index (χ4v) is 3.58. The van der Waals surface area contributed by atoms with Crippen LogP contribution in [0.4, 0.5) is 4.39 Å². The molecule has 0 amide bonds. The molecule has 4 nitrogen and oxygen atoms in total. The summed E-state index contributed by atoms with van der Waals surface area (Å²) < 4.78 is 13.1. The summed E-state index contributed by atoms with van der Waals surface area (Å²) >= 11 is 0. The lowest BCUT2D eigenvalue weighted by molar-refractivity contribution is 0.0551. The average molecular weight is 305 g/mol. The van der Waals surface area contributed by atoms with Crippen molar-refractivity contribution >= 4 is 5.96 Å². The second kappa shape index (κ2) is 6.24. The molecule has 22 heavy (non-hydrogen) atoms. The number of aliphatic hydroxyl groups is 1. The second-order valence-corrected chi connectivity index (χ2v) is 6.55. The summed E-state index contributed by atoms with van der Waals surface area (Å²) in [5.41, 5.74) is 0.884. The topological polar surface area (TPSA) is 47.9 Å². The largest absolute Gasteiger partial charge is 0.392 e. The SMILES string of the molecule is CN1CCN=C1NCC1(Cc2ccc(F)cc2)CCCC1O. The molecule has 0 radical (unpaired) electrons. The van der Waals surface area contributed by atoms with E-state index in [9.17, 15) is 9.50 Å². The van der Waals surface area contributed by atoms with Gasteiger partial charge in [-0.1, -0.05) is 18.6 Å². The first-order valence-electron chi connectivity index (χ1n) is 8.01. The van der Waals surface area contributed by atoms with E-state index in [2.05, 4.69) is 15.2 Å². The Balaban J connectivity index is 1.72. The molecule has 1 aromatic rings. The molecule has 5 heteroatoms. The van der Waals surface area contributed by atoms with Crippen LogP contribution in [0.5, 0.6) is 0 Å². The van der Waals surface area contributed by atoms with Crippen LogP contribution in [0.1, 0.15) is 24.8 Å². The quantitative estimate of drug-likeness (QED) is 0.891. The molecule has 2 atom stereocenters. The Morgan fingerprint density at radius 3 is 2.77 bits per heavy atom. The van der Waals surface area contributed by atoms with Gasteiger partial charge < -0.3 is 15.3 Å². The molecule has 3 rings (SSSR count). The molecule has 1 heterocycles. The Labute approximate surface area is 131 Å². The zero-order chi connectivity index (χ0) is 15.6.